The van der Waals surface area contributed by atoms with Crippen LogP contribution in [0.15, 0.2) is 84.9 Å². The van der Waals surface area contributed by atoms with Crippen molar-refractivity contribution in [1.29, 1.82) is 0 Å². The Morgan fingerprint density at radius 3 is 2.21 bits per heavy atom. The number of ether oxygens (including phenoxy) is 1. The van der Waals surface area contributed by atoms with Crippen molar-refractivity contribution in [2.24, 2.45) is 0 Å². The predicted molar refractivity (Wildman–Crippen MR) is 96.6 cm³/mol. The van der Waals surface area contributed by atoms with Crippen molar-refractivity contribution in [3.63, 3.8) is 0 Å². The maximum Gasteiger partial charge on any atom is 0.180 e. The minimum atomic E-state index is -0.702. The summed E-state index contributed by atoms with van der Waals surface area (Å²) in [6.45, 7) is 0.676. The van der Waals surface area contributed by atoms with E-state index >= 15 is 0 Å². The molecule has 4 rings (SSSR count). The summed E-state index contributed by atoms with van der Waals surface area (Å²) in [5.41, 5.74) is 3.85. The van der Waals surface area contributed by atoms with E-state index in [4.69, 9.17) is 4.74 Å². The Balaban J connectivity index is 1.92. The first kappa shape index (κ1) is 14.8. The van der Waals surface area contributed by atoms with E-state index in [0.717, 1.165) is 23.1 Å². The predicted octanol–water partition coefficient (Wildman–Crippen LogP) is 4.55. The molecule has 1 atom stereocenters. The van der Waals surface area contributed by atoms with Gasteiger partial charge in [-0.05, 0) is 24.1 Å². The molecule has 1 nitrogen and oxygen atoms in total. The fraction of sp³-hybridized carbons (Fsp3) is 0.130. The van der Waals surface area contributed by atoms with Crippen molar-refractivity contribution in [2.45, 2.75) is 12.0 Å². The summed E-state index contributed by atoms with van der Waals surface area (Å²) >= 11 is 0. The highest BCUT2D eigenvalue weighted by Gasteiger charge is 2.38. The lowest BCUT2D eigenvalue weighted by Gasteiger charge is -2.35. The fourth-order valence-corrected chi connectivity index (χ4v) is 3.24. The molecule has 0 saturated heterocycles. The second-order valence-electron chi connectivity index (χ2n) is 5.92. The molecule has 24 heavy (non-hydrogen) atoms. The van der Waals surface area contributed by atoms with Gasteiger partial charge in [-0.15, -0.1) is 0 Å². The van der Waals surface area contributed by atoms with Gasteiger partial charge < -0.3 is 4.74 Å². The van der Waals surface area contributed by atoms with E-state index in [2.05, 4.69) is 48.2 Å². The van der Waals surface area contributed by atoms with Gasteiger partial charge in [0.1, 0.15) is 0 Å². The minimum absolute atomic E-state index is 0.676. The topological polar surface area (TPSA) is 9.23 Å². The van der Waals surface area contributed by atoms with Crippen LogP contribution in [0.4, 0.5) is 0 Å². The zero-order valence-electron chi connectivity index (χ0n) is 13.4. The molecule has 0 aromatic heterocycles. The summed E-state index contributed by atoms with van der Waals surface area (Å²) < 4.78 is 6.33. The van der Waals surface area contributed by atoms with Crippen molar-refractivity contribution >= 4 is 0 Å². The molecule has 3 aromatic carbocycles. The van der Waals surface area contributed by atoms with Crippen LogP contribution in [-0.2, 0) is 16.8 Å². The third-order valence-corrected chi connectivity index (χ3v) is 4.42. The maximum atomic E-state index is 6.33. The van der Waals surface area contributed by atoms with Crippen LogP contribution in [0.2, 0.25) is 0 Å². The molecule has 1 aliphatic rings. The molecule has 0 bridgehead atoms. The number of fused-ring (bicyclic) bond motifs is 1. The van der Waals surface area contributed by atoms with Gasteiger partial charge in [0.2, 0.25) is 0 Å². The highest BCUT2D eigenvalue weighted by Crippen LogP contribution is 2.38. The van der Waals surface area contributed by atoms with Gasteiger partial charge in [-0.1, -0.05) is 84.6 Å². The Kier molecular flexibility index (Phi) is 3.91. The number of hydrogen-bond acceptors (Lipinski definition) is 1. The molecular formula is C23H18O. The quantitative estimate of drug-likeness (QED) is 0.599. The lowest BCUT2D eigenvalue weighted by Crippen LogP contribution is -2.35. The van der Waals surface area contributed by atoms with Gasteiger partial charge in [-0.25, -0.2) is 0 Å². The first-order chi connectivity index (χ1) is 11.9. The van der Waals surface area contributed by atoms with E-state index in [1.807, 2.05) is 48.5 Å². The average molecular weight is 310 g/mol. The van der Waals surface area contributed by atoms with Crippen LogP contribution in [0.25, 0.3) is 0 Å². The minimum Gasteiger partial charge on any atom is -0.353 e. The summed E-state index contributed by atoms with van der Waals surface area (Å²) in [6.07, 6.45) is 0.928. The molecule has 1 aliphatic heterocycles. The lowest BCUT2D eigenvalue weighted by molar-refractivity contribution is 0.0161. The Morgan fingerprint density at radius 1 is 0.750 bits per heavy atom. The van der Waals surface area contributed by atoms with Gasteiger partial charge in [0.15, 0.2) is 5.60 Å². The van der Waals surface area contributed by atoms with Crippen molar-refractivity contribution in [3.05, 3.63) is 107 Å². The van der Waals surface area contributed by atoms with Gasteiger partial charge in [0, 0.05) is 16.7 Å². The van der Waals surface area contributed by atoms with Gasteiger partial charge in [0.25, 0.3) is 0 Å². The van der Waals surface area contributed by atoms with Crippen LogP contribution in [0.1, 0.15) is 22.3 Å². The molecule has 1 heterocycles. The van der Waals surface area contributed by atoms with Crippen molar-refractivity contribution in [1.82, 2.24) is 0 Å². The normalized spacial score (nSPS) is 19.0. The zero-order chi connectivity index (χ0) is 16.2. The molecule has 0 amide bonds. The van der Waals surface area contributed by atoms with E-state index in [9.17, 15) is 0 Å². The van der Waals surface area contributed by atoms with E-state index < -0.39 is 5.60 Å². The van der Waals surface area contributed by atoms with E-state index in [-0.39, 0.29) is 0 Å². The Labute approximate surface area is 142 Å². The molecule has 0 spiro atoms. The average Bonchev–Trinajstić information content (AvgIpc) is 2.68. The third-order valence-electron chi connectivity index (χ3n) is 4.42. The molecule has 116 valence electrons. The van der Waals surface area contributed by atoms with Crippen LogP contribution >= 0.6 is 0 Å². The molecule has 0 saturated carbocycles. The van der Waals surface area contributed by atoms with Crippen LogP contribution in [-0.4, -0.2) is 6.61 Å². The lowest BCUT2D eigenvalue weighted by atomic mass is 9.81. The largest absolute Gasteiger partial charge is 0.353 e. The van der Waals surface area contributed by atoms with E-state index in [1.165, 1.54) is 5.56 Å². The molecule has 0 unspecified atom stereocenters. The summed E-state index contributed by atoms with van der Waals surface area (Å²) in [6, 6.07) is 28.9. The van der Waals surface area contributed by atoms with Gasteiger partial charge in [-0.2, -0.15) is 0 Å². The second-order valence-corrected chi connectivity index (χ2v) is 5.92. The highest BCUT2D eigenvalue weighted by atomic mass is 16.5. The first-order valence-electron chi connectivity index (χ1n) is 8.25. The van der Waals surface area contributed by atoms with Gasteiger partial charge in [-0.3, -0.25) is 0 Å². The number of rotatable bonds is 1. The number of hydrogen-bond donors (Lipinski definition) is 0. The SMILES string of the molecule is C(#C[C@]1(c2ccccc2)OCCc2ccccc21)c1ccccc1. The zero-order valence-corrected chi connectivity index (χ0v) is 13.4. The maximum absolute atomic E-state index is 6.33. The Hall–Kier alpha value is -2.82. The summed E-state index contributed by atoms with van der Waals surface area (Å²) in [4.78, 5) is 0. The Morgan fingerprint density at radius 2 is 1.42 bits per heavy atom. The van der Waals surface area contributed by atoms with Crippen molar-refractivity contribution in [3.8, 4) is 11.8 Å². The number of benzene rings is 3. The smallest absolute Gasteiger partial charge is 0.180 e. The van der Waals surface area contributed by atoms with Crippen LogP contribution < -0.4 is 0 Å². The summed E-state index contributed by atoms with van der Waals surface area (Å²) in [5.74, 6) is 6.77. The molecule has 0 aliphatic carbocycles. The third kappa shape index (κ3) is 2.62. The van der Waals surface area contributed by atoms with Crippen LogP contribution in [0.5, 0.6) is 0 Å². The Bertz CT molecular complexity index is 887. The van der Waals surface area contributed by atoms with E-state index in [1.54, 1.807) is 0 Å². The van der Waals surface area contributed by atoms with Crippen LogP contribution in [0, 0.1) is 11.8 Å². The first-order valence-corrected chi connectivity index (χ1v) is 8.25. The fourth-order valence-electron chi connectivity index (χ4n) is 3.24. The molecule has 1 heteroatoms. The molecule has 3 aromatic rings. The molecule has 0 radical (unpaired) electrons. The second kappa shape index (κ2) is 6.35. The summed E-state index contributed by atoms with van der Waals surface area (Å²) in [7, 11) is 0. The van der Waals surface area contributed by atoms with Gasteiger partial charge in [0.05, 0.1) is 6.61 Å². The monoisotopic (exact) mass is 310 g/mol. The van der Waals surface area contributed by atoms with Gasteiger partial charge >= 0.3 is 0 Å². The molecular weight excluding hydrogens is 292 g/mol. The van der Waals surface area contributed by atoms with E-state index in [0.29, 0.717) is 6.61 Å². The van der Waals surface area contributed by atoms with Crippen LogP contribution in [0.3, 0.4) is 0 Å². The highest BCUT2D eigenvalue weighted by molar-refractivity contribution is 5.51. The molecule has 0 fully saturated rings. The van der Waals surface area contributed by atoms with Crippen molar-refractivity contribution < 1.29 is 4.74 Å². The molecule has 0 N–H and O–H groups in total. The standard InChI is InChI=1S/C23H18O/c1-3-9-19(10-4-1)15-17-23(21-12-5-2-6-13-21)22-14-8-7-11-20(22)16-18-24-23/h1-14H,16,18H2/t23-/m1/s1. The van der Waals surface area contributed by atoms with Crippen molar-refractivity contribution in [2.75, 3.05) is 6.61 Å². The summed E-state index contributed by atoms with van der Waals surface area (Å²) in [5, 5.41) is 0.